The maximum Gasteiger partial charge on any atom is 0.233 e. The molecule has 0 unspecified atom stereocenters. The van der Waals surface area contributed by atoms with Crippen LogP contribution in [0.15, 0.2) is 23.4 Å². The van der Waals surface area contributed by atoms with Gasteiger partial charge >= 0.3 is 0 Å². The normalized spacial score (nSPS) is 17.3. The molecule has 1 N–H and O–H groups in total. The summed E-state index contributed by atoms with van der Waals surface area (Å²) in [4.78, 5) is 18.6. The monoisotopic (exact) mass is 394 g/mol. The smallest absolute Gasteiger partial charge is 0.233 e. The number of hydrogen-bond donors (Lipinski definition) is 1. The number of benzene rings is 1. The first-order chi connectivity index (χ1) is 12.5. The fourth-order valence-electron chi connectivity index (χ4n) is 2.90. The number of halogens is 1. The molecular weight excluding hydrogens is 372 g/mol. The molecule has 3 rings (SSSR count). The number of likely N-dealkylation sites (tertiary alicyclic amines) is 1. The van der Waals surface area contributed by atoms with Crippen LogP contribution >= 0.6 is 23.4 Å². The van der Waals surface area contributed by atoms with Gasteiger partial charge in [-0.25, -0.2) is 4.98 Å². The topological polar surface area (TPSA) is 71.1 Å². The Kier molecular flexibility index (Phi) is 6.43. The Morgan fingerprint density at radius 1 is 1.50 bits per heavy atom. The molecule has 1 aliphatic rings. The maximum atomic E-state index is 12.3. The molecule has 8 heteroatoms. The minimum atomic E-state index is 0.154. The molecule has 1 fully saturated rings. The van der Waals surface area contributed by atoms with Crippen LogP contribution in [-0.4, -0.2) is 44.8 Å². The first kappa shape index (κ1) is 19.0. The summed E-state index contributed by atoms with van der Waals surface area (Å²) >= 11 is 7.36. The van der Waals surface area contributed by atoms with Crippen LogP contribution in [0, 0.1) is 12.8 Å². The first-order valence-electron chi connectivity index (χ1n) is 8.72. The van der Waals surface area contributed by atoms with Crippen molar-refractivity contribution in [3.63, 3.8) is 0 Å². The van der Waals surface area contributed by atoms with Crippen molar-refractivity contribution in [2.75, 3.05) is 18.8 Å². The number of carbonyl (C=O) groups excluding carboxylic acids is 1. The Bertz CT molecular complexity index is 767. The first-order valence-corrected chi connectivity index (χ1v) is 10.1. The molecule has 26 heavy (non-hydrogen) atoms. The van der Waals surface area contributed by atoms with Crippen molar-refractivity contribution < 1.29 is 9.53 Å². The second kappa shape index (κ2) is 8.77. The van der Waals surface area contributed by atoms with E-state index in [0.717, 1.165) is 30.8 Å². The lowest BCUT2D eigenvalue weighted by Crippen LogP contribution is -2.40. The summed E-state index contributed by atoms with van der Waals surface area (Å²) < 4.78 is 5.70. The van der Waals surface area contributed by atoms with Crippen molar-refractivity contribution >= 4 is 29.3 Å². The Labute approximate surface area is 162 Å². The van der Waals surface area contributed by atoms with Crippen LogP contribution in [0.4, 0.5) is 0 Å². The number of aromatic nitrogens is 3. The Hall–Kier alpha value is -1.73. The molecule has 0 aliphatic carbocycles. The van der Waals surface area contributed by atoms with E-state index in [9.17, 15) is 4.79 Å². The lowest BCUT2D eigenvalue weighted by atomic mass is 10.0. The van der Waals surface area contributed by atoms with Crippen molar-refractivity contribution in [3.8, 4) is 5.75 Å². The molecule has 1 saturated heterocycles. The minimum absolute atomic E-state index is 0.154. The average molecular weight is 395 g/mol. The lowest BCUT2D eigenvalue weighted by molar-refractivity contribution is -0.130. The summed E-state index contributed by atoms with van der Waals surface area (Å²) in [7, 11) is 0. The molecule has 0 bridgehead atoms. The number of hydrogen-bond acceptors (Lipinski definition) is 5. The standard InChI is InChI=1S/C18H23ClN4O2S/c1-12-4-3-7-23(9-12)17(24)11-26-18-20-16(21-22-18)10-25-14-5-6-15(19)13(2)8-14/h5-6,8,12H,3-4,7,9-11H2,1-2H3,(H,20,21,22)/t12-/m1/s1. The van der Waals surface area contributed by atoms with Crippen molar-refractivity contribution in [3.05, 3.63) is 34.6 Å². The Balaban J connectivity index is 1.47. The highest BCUT2D eigenvalue weighted by atomic mass is 35.5. The number of aromatic amines is 1. The van der Waals surface area contributed by atoms with Gasteiger partial charge in [-0.1, -0.05) is 30.3 Å². The van der Waals surface area contributed by atoms with E-state index in [2.05, 4.69) is 22.1 Å². The number of thioether (sulfide) groups is 1. The molecule has 6 nitrogen and oxygen atoms in total. The molecule has 1 aliphatic heterocycles. The molecule has 0 saturated carbocycles. The number of H-pyrrole nitrogens is 1. The molecule has 0 spiro atoms. The van der Waals surface area contributed by atoms with E-state index < -0.39 is 0 Å². The molecule has 0 radical (unpaired) electrons. The van der Waals surface area contributed by atoms with Crippen LogP contribution in [0.5, 0.6) is 5.75 Å². The summed E-state index contributed by atoms with van der Waals surface area (Å²) in [6, 6.07) is 5.51. The number of amides is 1. The fourth-order valence-corrected chi connectivity index (χ4v) is 3.74. The molecule has 1 atom stereocenters. The number of aryl methyl sites for hydroxylation is 1. The lowest BCUT2D eigenvalue weighted by Gasteiger charge is -2.30. The van der Waals surface area contributed by atoms with Crippen molar-refractivity contribution in [2.45, 2.75) is 38.5 Å². The summed E-state index contributed by atoms with van der Waals surface area (Å²) in [5.41, 5.74) is 0.962. The van der Waals surface area contributed by atoms with Crippen molar-refractivity contribution in [1.29, 1.82) is 0 Å². The van der Waals surface area contributed by atoms with Crippen molar-refractivity contribution in [1.82, 2.24) is 20.1 Å². The van der Waals surface area contributed by atoms with E-state index in [1.165, 1.54) is 18.2 Å². The average Bonchev–Trinajstić information content (AvgIpc) is 3.08. The van der Waals surface area contributed by atoms with Crippen LogP contribution in [0.25, 0.3) is 0 Å². The molecule has 140 valence electrons. The van der Waals surface area contributed by atoms with E-state index in [-0.39, 0.29) is 12.5 Å². The third kappa shape index (κ3) is 5.14. The summed E-state index contributed by atoms with van der Waals surface area (Å²) in [5.74, 6) is 2.45. The number of carbonyl (C=O) groups is 1. The molecule has 2 heterocycles. The molecular formula is C18H23ClN4O2S. The van der Waals surface area contributed by atoms with Gasteiger partial charge in [-0.2, -0.15) is 0 Å². The van der Waals surface area contributed by atoms with Crippen LogP contribution in [-0.2, 0) is 11.4 Å². The molecule has 1 aromatic heterocycles. The fraction of sp³-hybridized carbons (Fsp3) is 0.500. The van der Waals surface area contributed by atoms with E-state index in [1.54, 1.807) is 6.07 Å². The highest BCUT2D eigenvalue weighted by molar-refractivity contribution is 7.99. The Morgan fingerprint density at radius 3 is 3.12 bits per heavy atom. The number of piperidine rings is 1. The van der Waals surface area contributed by atoms with Crippen LogP contribution in [0.2, 0.25) is 5.02 Å². The van der Waals surface area contributed by atoms with Crippen LogP contribution in [0.1, 0.15) is 31.2 Å². The number of ether oxygens (including phenoxy) is 1. The van der Waals surface area contributed by atoms with Crippen molar-refractivity contribution in [2.24, 2.45) is 5.92 Å². The highest BCUT2D eigenvalue weighted by Gasteiger charge is 2.21. The van der Waals surface area contributed by atoms with E-state index >= 15 is 0 Å². The van der Waals surface area contributed by atoms with Gasteiger partial charge in [-0.3, -0.25) is 9.89 Å². The van der Waals surface area contributed by atoms with Gasteiger partial charge in [0.15, 0.2) is 5.82 Å². The van der Waals surface area contributed by atoms with Crippen LogP contribution in [0.3, 0.4) is 0 Å². The van der Waals surface area contributed by atoms with E-state index in [0.29, 0.717) is 27.7 Å². The van der Waals surface area contributed by atoms with Gasteiger partial charge in [-0.15, -0.1) is 5.10 Å². The SMILES string of the molecule is Cc1cc(OCc2nc(SCC(=O)N3CCC[C@@H](C)C3)n[nH]2)ccc1Cl. The Morgan fingerprint density at radius 2 is 2.35 bits per heavy atom. The third-order valence-corrected chi connectivity index (χ3v) is 5.61. The zero-order chi connectivity index (χ0) is 18.5. The maximum absolute atomic E-state index is 12.3. The second-order valence-corrected chi connectivity index (χ2v) is 7.99. The summed E-state index contributed by atoms with van der Waals surface area (Å²) in [6.07, 6.45) is 2.29. The van der Waals surface area contributed by atoms with Gasteiger partial charge in [0.1, 0.15) is 12.4 Å². The van der Waals surface area contributed by atoms with E-state index in [1.807, 2.05) is 24.0 Å². The zero-order valence-corrected chi connectivity index (χ0v) is 16.6. The molecule has 1 amide bonds. The number of nitrogens with one attached hydrogen (secondary N) is 1. The molecule has 2 aromatic rings. The summed E-state index contributed by atoms with van der Waals surface area (Å²) in [5, 5.41) is 8.28. The van der Waals surface area contributed by atoms with Gasteiger partial charge < -0.3 is 9.64 Å². The second-order valence-electron chi connectivity index (χ2n) is 6.64. The van der Waals surface area contributed by atoms with Gasteiger partial charge in [0.25, 0.3) is 0 Å². The van der Waals surface area contributed by atoms with Gasteiger partial charge in [0, 0.05) is 18.1 Å². The predicted octanol–water partition coefficient (Wildman–Crippen LogP) is 3.70. The summed E-state index contributed by atoms with van der Waals surface area (Å²) in [6.45, 7) is 6.12. The third-order valence-electron chi connectivity index (χ3n) is 4.35. The quantitative estimate of drug-likeness (QED) is 0.756. The largest absolute Gasteiger partial charge is 0.486 e. The minimum Gasteiger partial charge on any atom is -0.486 e. The van der Waals surface area contributed by atoms with Gasteiger partial charge in [0.05, 0.1) is 5.75 Å². The van der Waals surface area contributed by atoms with Gasteiger partial charge in [0.2, 0.25) is 11.1 Å². The van der Waals surface area contributed by atoms with E-state index in [4.69, 9.17) is 16.3 Å². The molecule has 1 aromatic carbocycles. The number of nitrogens with zero attached hydrogens (tertiary/aromatic N) is 3. The van der Waals surface area contributed by atoms with Gasteiger partial charge in [-0.05, 0) is 49.4 Å². The van der Waals surface area contributed by atoms with Crippen LogP contribution < -0.4 is 4.74 Å². The predicted molar refractivity (Wildman–Crippen MR) is 103 cm³/mol. The highest BCUT2D eigenvalue weighted by Crippen LogP contribution is 2.22. The zero-order valence-electron chi connectivity index (χ0n) is 15.0. The number of rotatable bonds is 6.